The average Bonchev–Trinajstić information content (AvgIpc) is 2.34. The van der Waals surface area contributed by atoms with Crippen LogP contribution in [-0.2, 0) is 4.74 Å². The fraction of sp³-hybridized carbons (Fsp3) is 1.00. The van der Waals surface area contributed by atoms with E-state index in [1.807, 2.05) is 0 Å². The molecule has 0 heterocycles. The monoisotopic (exact) mass is 442 g/mol. The molecule has 0 amide bonds. The lowest BCUT2D eigenvalue weighted by molar-refractivity contribution is -0.465. The van der Waals surface area contributed by atoms with Crippen molar-refractivity contribution in [1.82, 2.24) is 0 Å². The Balaban J connectivity index is 6.03. The van der Waals surface area contributed by atoms with Crippen molar-refractivity contribution in [3.8, 4) is 0 Å². The lowest BCUT2D eigenvalue weighted by Crippen LogP contribution is -2.70. The Labute approximate surface area is 126 Å². The molecule has 0 atom stereocenters. The first-order chi connectivity index (χ1) is 9.81. The van der Waals surface area contributed by atoms with Crippen molar-refractivity contribution in [2.75, 3.05) is 11.9 Å². The quantitative estimate of drug-likeness (QED) is 0.394. The van der Waals surface area contributed by atoms with Crippen LogP contribution in [0.5, 0.6) is 0 Å². The van der Waals surface area contributed by atoms with Crippen molar-refractivity contribution < 1.29 is 61.8 Å². The molecule has 0 aromatic rings. The van der Waals surface area contributed by atoms with Gasteiger partial charge in [0.1, 0.15) is 0 Å². The third-order valence-corrected chi connectivity index (χ3v) is 2.59. The number of hydrogen-bond acceptors (Lipinski definition) is 1. The summed E-state index contributed by atoms with van der Waals surface area (Å²) in [6.45, 7) is -1.47. The highest BCUT2D eigenvalue weighted by Crippen LogP contribution is 2.60. The van der Waals surface area contributed by atoms with Crippen LogP contribution in [0.25, 0.3) is 0 Å². The normalized spacial score (nSPS) is 15.9. The summed E-state index contributed by atoms with van der Waals surface area (Å²) < 4.78 is 165. The van der Waals surface area contributed by atoms with E-state index in [1.165, 1.54) is 0 Å². The minimum absolute atomic E-state index is 0.695. The molecular formula is C8H4BrF13O. The molecule has 0 aliphatic carbocycles. The average molecular weight is 443 g/mol. The maximum absolute atomic E-state index is 12.9. The van der Waals surface area contributed by atoms with E-state index in [-0.39, 0.29) is 0 Å². The Morgan fingerprint density at radius 3 is 1.22 bits per heavy atom. The Morgan fingerprint density at radius 2 is 0.913 bits per heavy atom. The predicted octanol–water partition coefficient (Wildman–Crippen LogP) is 5.09. The van der Waals surface area contributed by atoms with Crippen LogP contribution in [0.4, 0.5) is 57.1 Å². The first-order valence-electron chi connectivity index (χ1n) is 4.97. The highest BCUT2D eigenvalue weighted by atomic mass is 79.9. The lowest BCUT2D eigenvalue weighted by atomic mass is 9.97. The second kappa shape index (κ2) is 6.11. The topological polar surface area (TPSA) is 9.23 Å². The van der Waals surface area contributed by atoms with Gasteiger partial charge in [0.2, 0.25) is 0 Å². The Bertz CT molecular complexity index is 415. The van der Waals surface area contributed by atoms with Gasteiger partial charge in [-0.3, -0.25) is 0 Å². The molecule has 0 rings (SSSR count). The van der Waals surface area contributed by atoms with Gasteiger partial charge in [0, 0.05) is 5.33 Å². The molecule has 0 saturated carbocycles. The van der Waals surface area contributed by atoms with Crippen LogP contribution < -0.4 is 0 Å². The van der Waals surface area contributed by atoms with Crippen LogP contribution in [0.1, 0.15) is 0 Å². The molecule has 0 N–H and O–H groups in total. The zero-order chi connectivity index (χ0) is 19.1. The number of alkyl halides is 14. The first-order valence-corrected chi connectivity index (χ1v) is 6.09. The molecule has 15 heteroatoms. The summed E-state index contributed by atoms with van der Waals surface area (Å²) in [7, 11) is 0. The summed E-state index contributed by atoms with van der Waals surface area (Å²) >= 11 is 2.31. The van der Waals surface area contributed by atoms with E-state index >= 15 is 0 Å². The molecule has 1 nitrogen and oxygen atoms in total. The van der Waals surface area contributed by atoms with Gasteiger partial charge in [-0.2, -0.15) is 57.1 Å². The highest BCUT2D eigenvalue weighted by molar-refractivity contribution is 9.09. The summed E-state index contributed by atoms with van der Waals surface area (Å²) in [5, 5.41) is -0.695. The van der Waals surface area contributed by atoms with Gasteiger partial charge in [0.15, 0.2) is 0 Å². The summed E-state index contributed by atoms with van der Waals surface area (Å²) in [5.41, 5.74) is 0. The second-order valence-electron chi connectivity index (χ2n) is 3.85. The molecule has 0 radical (unpaired) electrons. The van der Waals surface area contributed by atoms with Gasteiger partial charge in [-0.1, -0.05) is 15.9 Å². The largest absolute Gasteiger partial charge is 0.460 e. The van der Waals surface area contributed by atoms with Crippen molar-refractivity contribution in [3.63, 3.8) is 0 Å². The third kappa shape index (κ3) is 3.35. The van der Waals surface area contributed by atoms with Crippen LogP contribution in [0.2, 0.25) is 0 Å². The summed E-state index contributed by atoms with van der Waals surface area (Å²) in [6.07, 6.45) is -13.9. The van der Waals surface area contributed by atoms with Gasteiger partial charge in [0.05, 0.1) is 6.61 Å². The van der Waals surface area contributed by atoms with Crippen LogP contribution in [0.3, 0.4) is 0 Å². The fourth-order valence-corrected chi connectivity index (χ4v) is 1.17. The van der Waals surface area contributed by atoms with Gasteiger partial charge in [-0.15, -0.1) is 0 Å². The smallest absolute Gasteiger partial charge is 0.315 e. The van der Waals surface area contributed by atoms with Gasteiger partial charge in [0.25, 0.3) is 0 Å². The van der Waals surface area contributed by atoms with Crippen molar-refractivity contribution in [2.24, 2.45) is 0 Å². The van der Waals surface area contributed by atoms with E-state index in [9.17, 15) is 57.1 Å². The summed E-state index contributed by atoms with van der Waals surface area (Å²) in [5.74, 6) is -30.8. The zero-order valence-electron chi connectivity index (χ0n) is 10.1. The van der Waals surface area contributed by atoms with E-state index < -0.39 is 47.9 Å². The lowest BCUT2D eigenvalue weighted by Gasteiger charge is -2.39. The Morgan fingerprint density at radius 1 is 0.565 bits per heavy atom. The van der Waals surface area contributed by atoms with Crippen molar-refractivity contribution in [1.29, 1.82) is 0 Å². The van der Waals surface area contributed by atoms with Gasteiger partial charge >= 0.3 is 36.0 Å². The molecule has 0 aliphatic rings. The van der Waals surface area contributed by atoms with E-state index in [0.717, 1.165) is 0 Å². The van der Waals surface area contributed by atoms with Crippen LogP contribution in [-0.4, -0.2) is 47.9 Å². The molecule has 0 spiro atoms. The van der Waals surface area contributed by atoms with Crippen molar-refractivity contribution in [2.45, 2.75) is 36.0 Å². The summed E-state index contributed by atoms with van der Waals surface area (Å²) in [6, 6.07) is 0. The molecule has 0 aromatic heterocycles. The Kier molecular flexibility index (Phi) is 5.99. The molecule has 23 heavy (non-hydrogen) atoms. The molecule has 0 aromatic carbocycles. The first kappa shape index (κ1) is 22.5. The summed E-state index contributed by atoms with van der Waals surface area (Å²) in [4.78, 5) is 0. The zero-order valence-corrected chi connectivity index (χ0v) is 11.7. The van der Waals surface area contributed by atoms with Gasteiger partial charge in [-0.25, -0.2) is 0 Å². The second-order valence-corrected chi connectivity index (χ2v) is 4.64. The standard InChI is InChI=1S/C8H4BrF13O/c9-1-2-23-8(21,22)6(16,17)4(12,13)3(10,11)5(14,15)7(18,19)20/h1-2H2. The van der Waals surface area contributed by atoms with E-state index in [0.29, 0.717) is 0 Å². The van der Waals surface area contributed by atoms with Crippen LogP contribution >= 0.6 is 15.9 Å². The van der Waals surface area contributed by atoms with Gasteiger partial charge in [-0.05, 0) is 0 Å². The molecule has 0 saturated heterocycles. The van der Waals surface area contributed by atoms with Gasteiger partial charge < -0.3 is 4.74 Å². The number of hydrogen-bond donors (Lipinski definition) is 0. The number of halogens is 14. The van der Waals surface area contributed by atoms with E-state index in [4.69, 9.17) is 0 Å². The fourth-order valence-electron chi connectivity index (χ4n) is 1.01. The van der Waals surface area contributed by atoms with E-state index in [1.54, 1.807) is 0 Å². The molecular weight excluding hydrogens is 439 g/mol. The number of rotatable bonds is 7. The maximum Gasteiger partial charge on any atom is 0.460 e. The SMILES string of the molecule is FC(F)(F)C(F)(F)C(F)(F)C(F)(F)C(F)(F)C(F)(F)OCCBr. The minimum atomic E-state index is -7.90. The van der Waals surface area contributed by atoms with Crippen LogP contribution in [0.15, 0.2) is 0 Å². The molecule has 0 bridgehead atoms. The molecule has 140 valence electrons. The Hall–Kier alpha value is -0.470. The van der Waals surface area contributed by atoms with Crippen molar-refractivity contribution >= 4 is 15.9 Å². The maximum atomic E-state index is 12.9. The third-order valence-electron chi connectivity index (χ3n) is 2.27. The molecule has 0 fully saturated rings. The molecule has 0 aliphatic heterocycles. The minimum Gasteiger partial charge on any atom is -0.315 e. The van der Waals surface area contributed by atoms with E-state index in [2.05, 4.69) is 20.7 Å². The van der Waals surface area contributed by atoms with Crippen LogP contribution in [0, 0.1) is 0 Å². The van der Waals surface area contributed by atoms with Crippen molar-refractivity contribution in [3.05, 3.63) is 0 Å². The molecule has 0 unspecified atom stereocenters. The predicted molar refractivity (Wildman–Crippen MR) is 50.5 cm³/mol. The highest BCUT2D eigenvalue weighted by Gasteiger charge is 2.91. The number of ether oxygens (including phenoxy) is 1.